The van der Waals surface area contributed by atoms with E-state index in [0.29, 0.717) is 0 Å². The van der Waals surface area contributed by atoms with E-state index in [-0.39, 0.29) is 0 Å². The van der Waals surface area contributed by atoms with Crippen LogP contribution < -0.4 is 0 Å². The first-order chi connectivity index (χ1) is 10.8. The Kier molecular flexibility index (Phi) is 38.0. The van der Waals surface area contributed by atoms with Crippen molar-refractivity contribution in [3.63, 3.8) is 0 Å². The summed E-state index contributed by atoms with van der Waals surface area (Å²) in [7, 11) is 0. The van der Waals surface area contributed by atoms with E-state index in [1.54, 1.807) is 0 Å². The largest absolute Gasteiger partial charge is 0.325 e. The molecule has 168 valence electrons. The fourth-order valence-electron chi connectivity index (χ4n) is 0. The van der Waals surface area contributed by atoms with Gasteiger partial charge in [-0.15, -0.1) is 0 Å². The Morgan fingerprint density at radius 1 is 0.385 bits per heavy atom. The van der Waals surface area contributed by atoms with Crippen LogP contribution in [0.2, 0.25) is 0 Å². The first-order valence-electron chi connectivity index (χ1n) is 5.96. The van der Waals surface area contributed by atoms with Gasteiger partial charge in [0.05, 0.1) is 0 Å². The molecule has 0 spiro atoms. The Morgan fingerprint density at radius 2 is 0.385 bits per heavy atom. The lowest BCUT2D eigenvalue weighted by Crippen LogP contribution is -1.65. The van der Waals surface area contributed by atoms with Crippen LogP contribution >= 0.6 is 26.9 Å². The normalized spacial score (nSPS) is 10.5. The number of rotatable bonds is 0. The lowest BCUT2D eigenvalue weighted by Gasteiger charge is -1.88. The third-order valence-corrected chi connectivity index (χ3v) is 0. The molecule has 0 aromatic carbocycles. The van der Waals surface area contributed by atoms with Gasteiger partial charge >= 0.3 is 26.9 Å². The van der Waals surface area contributed by atoms with Crippen molar-refractivity contribution < 1.29 is 58.7 Å². The lowest BCUT2D eigenvalue weighted by molar-refractivity contribution is 0.361. The van der Waals surface area contributed by atoms with Gasteiger partial charge in [0.2, 0.25) is 0 Å². The lowest BCUT2D eigenvalue weighted by atomic mass is 10.6. The molecule has 26 heavy (non-hydrogen) atoms. The van der Waals surface area contributed by atoms with Crippen molar-refractivity contribution in [1.82, 2.24) is 0 Å². The molecule has 12 N–H and O–H groups in total. The molecule has 0 bridgehead atoms. The Hall–Kier alpha value is 2.12. The van der Waals surface area contributed by atoms with Crippen molar-refractivity contribution in [2.75, 3.05) is 0 Å². The Balaban J connectivity index is -0.0000000468. The predicted molar refractivity (Wildman–Crippen MR) is 116 cm³/mol. The van der Waals surface area contributed by atoms with Crippen LogP contribution in [0.15, 0.2) is 0 Å². The van der Waals surface area contributed by atoms with Crippen molar-refractivity contribution in [2.24, 2.45) is 0 Å². The summed E-state index contributed by atoms with van der Waals surface area (Å²) >= 11 is 14.4. The van der Waals surface area contributed by atoms with Gasteiger partial charge < -0.3 is 58.7 Å². The summed E-state index contributed by atoms with van der Waals surface area (Å²) in [5.41, 5.74) is 0. The van der Waals surface area contributed by atoms with Gasteiger partial charge in [0.25, 0.3) is 0 Å². The van der Waals surface area contributed by atoms with Gasteiger partial charge in [0, 0.05) is 0 Å². The molecule has 0 unspecified atom stereocenters. The highest BCUT2D eigenvalue weighted by Crippen LogP contribution is 2.27. The Morgan fingerprint density at radius 3 is 0.385 bits per heavy atom. The highest BCUT2D eigenvalue weighted by atomic mass is 32.5. The van der Waals surface area contributed by atoms with E-state index in [2.05, 4.69) is 74.9 Å². The fourth-order valence-corrected chi connectivity index (χ4v) is 0. The van der Waals surface area contributed by atoms with Gasteiger partial charge in [-0.3, -0.25) is 0 Å². The summed E-state index contributed by atoms with van der Waals surface area (Å²) < 4.78 is 0. The highest BCUT2D eigenvalue weighted by molar-refractivity contribution is 8.07. The van der Waals surface area contributed by atoms with E-state index >= 15 is 0 Å². The standard InChI is InChI=1S/2C3H8.4H3O3PS/c2*1-3-2;4*1-4(2,3)5/h2*3H2,1-2H3;4*(H3,1,2,3,5). The molecular formula is C6H28O12P4S4. The molecule has 0 radical (unpaired) electrons. The van der Waals surface area contributed by atoms with Gasteiger partial charge in [0.15, 0.2) is 0 Å². The molecule has 0 saturated heterocycles. The van der Waals surface area contributed by atoms with Gasteiger partial charge in [-0.2, -0.15) is 0 Å². The van der Waals surface area contributed by atoms with Crippen LogP contribution in [0.25, 0.3) is 0 Å². The quantitative estimate of drug-likeness (QED) is 0.173. The Labute approximate surface area is 173 Å². The smallest absolute Gasteiger partial charge is 0.319 e. The zero-order chi connectivity index (χ0) is 23.4. The molecule has 12 nitrogen and oxygen atoms in total. The molecule has 0 fully saturated rings. The maximum atomic E-state index is 7.56. The van der Waals surface area contributed by atoms with Crippen molar-refractivity contribution in [1.29, 1.82) is 0 Å². The van der Waals surface area contributed by atoms with Crippen LogP contribution in [-0.2, 0) is 47.2 Å². The van der Waals surface area contributed by atoms with E-state index in [4.69, 9.17) is 58.7 Å². The summed E-state index contributed by atoms with van der Waals surface area (Å²) in [5, 5.41) is 0. The van der Waals surface area contributed by atoms with Crippen molar-refractivity contribution in [2.45, 2.75) is 40.5 Å². The van der Waals surface area contributed by atoms with Gasteiger partial charge in [-0.05, 0) is 47.2 Å². The van der Waals surface area contributed by atoms with Crippen LogP contribution in [0, 0.1) is 0 Å². The molecule has 0 aromatic heterocycles. The van der Waals surface area contributed by atoms with Crippen LogP contribution in [0.4, 0.5) is 0 Å². The summed E-state index contributed by atoms with van der Waals surface area (Å²) in [6.45, 7) is -6.72. The number of hydrogen-bond donors (Lipinski definition) is 12. The minimum atomic E-state index is -3.81. The monoisotopic (exact) mass is 544 g/mol. The van der Waals surface area contributed by atoms with E-state index in [1.165, 1.54) is 12.8 Å². The third-order valence-electron chi connectivity index (χ3n) is 0. The van der Waals surface area contributed by atoms with E-state index < -0.39 is 26.9 Å². The molecule has 0 rings (SSSR count). The molecule has 0 saturated carbocycles. The molecule has 0 aliphatic heterocycles. The average Bonchev–Trinajstić information content (AvgIpc) is 2.05. The van der Waals surface area contributed by atoms with Crippen LogP contribution in [0.1, 0.15) is 40.5 Å². The third kappa shape index (κ3) is 3670. The van der Waals surface area contributed by atoms with Gasteiger partial charge in [-0.25, -0.2) is 0 Å². The second-order valence-electron chi connectivity index (χ2n) is 3.47. The van der Waals surface area contributed by atoms with Crippen molar-refractivity contribution in [3.05, 3.63) is 0 Å². The predicted octanol–water partition coefficient (Wildman–Crippen LogP) is -0.416. The van der Waals surface area contributed by atoms with Crippen molar-refractivity contribution in [3.8, 4) is 0 Å². The fraction of sp³-hybridized carbons (Fsp3) is 1.00. The molecule has 0 heterocycles. The summed E-state index contributed by atoms with van der Waals surface area (Å²) in [4.78, 5) is 90.7. The molecule has 20 heteroatoms. The minimum Gasteiger partial charge on any atom is -0.325 e. The van der Waals surface area contributed by atoms with Crippen molar-refractivity contribution >= 4 is 74.1 Å². The maximum Gasteiger partial charge on any atom is 0.319 e. The van der Waals surface area contributed by atoms with E-state index in [9.17, 15) is 0 Å². The minimum absolute atomic E-state index is 1.25. The zero-order valence-electron chi connectivity index (χ0n) is 14.2. The van der Waals surface area contributed by atoms with Crippen LogP contribution in [0.5, 0.6) is 0 Å². The topological polar surface area (TPSA) is 243 Å². The second-order valence-corrected chi connectivity index (χ2v) is 13.5. The second kappa shape index (κ2) is 23.4. The maximum absolute atomic E-state index is 7.56. The van der Waals surface area contributed by atoms with E-state index in [0.717, 1.165) is 0 Å². The summed E-state index contributed by atoms with van der Waals surface area (Å²) in [6.07, 6.45) is 2.50. The zero-order valence-corrected chi connectivity index (χ0v) is 21.0. The first-order valence-corrected chi connectivity index (χ1v) is 16.6. The van der Waals surface area contributed by atoms with Crippen LogP contribution in [0.3, 0.4) is 0 Å². The summed E-state index contributed by atoms with van der Waals surface area (Å²) in [5.74, 6) is 0. The van der Waals surface area contributed by atoms with Gasteiger partial charge in [0.1, 0.15) is 0 Å². The number of hydrogen-bond acceptors (Lipinski definition) is 4. The average molecular weight is 544 g/mol. The molecular weight excluding hydrogens is 516 g/mol. The molecule has 0 aromatic rings. The van der Waals surface area contributed by atoms with E-state index in [1.807, 2.05) is 0 Å². The highest BCUT2D eigenvalue weighted by Gasteiger charge is 1.93. The first kappa shape index (κ1) is 42.3. The van der Waals surface area contributed by atoms with Gasteiger partial charge in [-0.1, -0.05) is 40.5 Å². The summed E-state index contributed by atoms with van der Waals surface area (Å²) in [6, 6.07) is 0. The molecule has 0 aliphatic carbocycles. The SMILES string of the molecule is CCC.CCC.OP(O)(O)=S.OP(O)(O)=S.OP(O)(O)=S.OP(O)(O)=S. The Bertz CT molecular complexity index is 338. The molecule has 0 amide bonds. The molecule has 0 aliphatic rings. The molecule has 0 atom stereocenters. The van der Waals surface area contributed by atoms with Crippen LogP contribution in [-0.4, -0.2) is 58.7 Å².